The maximum absolute atomic E-state index is 14.3. The number of benzene rings is 4. The highest BCUT2D eigenvalue weighted by molar-refractivity contribution is 6.01. The normalized spacial score (nSPS) is 13.4. The summed E-state index contributed by atoms with van der Waals surface area (Å²) < 4.78 is 28.4. The van der Waals surface area contributed by atoms with Crippen LogP contribution in [0.3, 0.4) is 0 Å². The summed E-state index contributed by atoms with van der Waals surface area (Å²) in [7, 11) is 0. The van der Waals surface area contributed by atoms with Gasteiger partial charge in [-0.1, -0.05) is 36.4 Å². The van der Waals surface area contributed by atoms with Crippen LogP contribution >= 0.6 is 0 Å². The number of nitro benzene ring substituents is 1. The first-order valence-corrected chi connectivity index (χ1v) is 16.3. The number of amides is 2. The quantitative estimate of drug-likeness (QED) is 0.103. The van der Waals surface area contributed by atoms with E-state index < -0.39 is 22.2 Å². The van der Waals surface area contributed by atoms with Gasteiger partial charge in [0.05, 0.1) is 29.1 Å². The number of aromatic amines is 2. The van der Waals surface area contributed by atoms with Crippen molar-refractivity contribution in [3.05, 3.63) is 128 Å². The van der Waals surface area contributed by atoms with Crippen molar-refractivity contribution in [1.29, 1.82) is 0 Å². The van der Waals surface area contributed by atoms with Gasteiger partial charge in [0.2, 0.25) is 17.6 Å². The van der Waals surface area contributed by atoms with E-state index in [0.717, 1.165) is 50.4 Å². The molecule has 0 radical (unpaired) electrons. The topological polar surface area (TPSA) is 141 Å². The number of aryl methyl sites for hydroxylation is 2. The molecule has 0 unspecified atom stereocenters. The van der Waals surface area contributed by atoms with E-state index in [1.54, 1.807) is 11.0 Å². The van der Waals surface area contributed by atoms with Crippen LogP contribution in [0.2, 0.25) is 0 Å². The summed E-state index contributed by atoms with van der Waals surface area (Å²) in [5, 5.41) is 12.9. The number of nitrogens with one attached hydrogen (secondary N) is 2. The number of nitrogens with zero attached hydrogens (tertiary/aromatic N) is 3. The van der Waals surface area contributed by atoms with Crippen molar-refractivity contribution in [1.82, 2.24) is 9.97 Å². The Kier molecular flexibility index (Phi) is 8.30. The number of rotatable bonds is 5. The summed E-state index contributed by atoms with van der Waals surface area (Å²) in [5.74, 6) is -1.41. The number of nitrogens with two attached hydrogens (primary N) is 1. The van der Waals surface area contributed by atoms with E-state index in [2.05, 4.69) is 9.97 Å². The first kappa shape index (κ1) is 32.5. The van der Waals surface area contributed by atoms with Crippen molar-refractivity contribution in [2.24, 2.45) is 0 Å². The molecule has 0 spiro atoms. The Balaban J connectivity index is 0.000000157. The first-order valence-electron chi connectivity index (χ1n) is 16.3. The molecule has 0 bridgehead atoms. The van der Waals surface area contributed by atoms with Gasteiger partial charge in [0.1, 0.15) is 0 Å². The minimum absolute atomic E-state index is 0.0224. The molecule has 0 saturated heterocycles. The molecule has 2 aliphatic rings. The Morgan fingerprint density at radius 3 is 1.70 bits per heavy atom. The van der Waals surface area contributed by atoms with Gasteiger partial charge >= 0.3 is 5.69 Å². The van der Waals surface area contributed by atoms with Crippen LogP contribution in [0.1, 0.15) is 33.6 Å². The lowest BCUT2D eigenvalue weighted by molar-refractivity contribution is -0.387. The number of fused-ring (bicyclic) bond motifs is 4. The fourth-order valence-electron chi connectivity index (χ4n) is 7.17. The van der Waals surface area contributed by atoms with Gasteiger partial charge in [-0.25, -0.2) is 4.39 Å². The number of anilines is 3. The second-order valence-electron chi connectivity index (χ2n) is 12.6. The van der Waals surface area contributed by atoms with E-state index in [1.807, 2.05) is 62.4 Å². The maximum atomic E-state index is 14.3. The van der Waals surface area contributed by atoms with Crippen molar-refractivity contribution < 1.29 is 23.3 Å². The van der Waals surface area contributed by atoms with Gasteiger partial charge in [-0.15, -0.1) is 0 Å². The van der Waals surface area contributed by atoms with Crippen molar-refractivity contribution >= 4 is 56.4 Å². The highest BCUT2D eigenvalue weighted by Gasteiger charge is 2.32. The van der Waals surface area contributed by atoms with Crippen molar-refractivity contribution in [3.63, 3.8) is 0 Å². The van der Waals surface area contributed by atoms with Crippen LogP contribution in [-0.2, 0) is 35.3 Å². The van der Waals surface area contributed by atoms with Gasteiger partial charge in [0.15, 0.2) is 5.82 Å². The largest absolute Gasteiger partial charge is 0.396 e. The molecule has 50 heavy (non-hydrogen) atoms. The third-order valence-electron chi connectivity index (χ3n) is 9.71. The molecule has 0 fully saturated rings. The molecule has 254 valence electrons. The predicted molar refractivity (Wildman–Crippen MR) is 189 cm³/mol. The number of nitro groups is 1. The Labute approximate surface area is 285 Å². The molecule has 4 N–H and O–H groups in total. The van der Waals surface area contributed by atoms with Crippen LogP contribution < -0.4 is 15.5 Å². The predicted octanol–water partition coefficient (Wildman–Crippen LogP) is 6.98. The van der Waals surface area contributed by atoms with E-state index in [1.165, 1.54) is 17.0 Å². The van der Waals surface area contributed by atoms with Crippen LogP contribution in [0, 0.1) is 35.6 Å². The smallest absolute Gasteiger partial charge is 0.305 e. The summed E-state index contributed by atoms with van der Waals surface area (Å²) in [5.41, 5.74) is 12.9. The van der Waals surface area contributed by atoms with E-state index in [4.69, 9.17) is 5.73 Å². The standard InChI is InChI=1S/C19H16FN3O3.C19H18FN3O/c1-11-14(12-4-2-3-5-15(12)21-11)10-18(24)22-9-8-13-16(22)6-7-17(19(13)20)23(25)26;1-11-14(12-4-2-3-5-16(12)22-11)10-18(24)23-9-8-13-17(23)7-6-15(21)19(13)20/h2-7,21H,8-10H2,1H3;2-7,22H,8-10,21H2,1H3. The molecule has 10 nitrogen and oxygen atoms in total. The molecular weight excluding hydrogens is 642 g/mol. The summed E-state index contributed by atoms with van der Waals surface area (Å²) in [6.45, 7) is 4.72. The molecule has 2 aliphatic heterocycles. The maximum Gasteiger partial charge on any atom is 0.305 e. The van der Waals surface area contributed by atoms with Gasteiger partial charge in [0.25, 0.3) is 0 Å². The molecule has 12 heteroatoms. The number of hydrogen-bond donors (Lipinski definition) is 3. The molecule has 2 aromatic heterocycles. The third-order valence-corrected chi connectivity index (χ3v) is 9.71. The molecule has 0 saturated carbocycles. The number of para-hydroxylation sites is 2. The number of halogens is 2. The number of nitrogen functional groups attached to an aromatic ring is 1. The Morgan fingerprint density at radius 1 is 0.740 bits per heavy atom. The fourth-order valence-corrected chi connectivity index (χ4v) is 7.17. The summed E-state index contributed by atoms with van der Waals surface area (Å²) >= 11 is 0. The summed E-state index contributed by atoms with van der Waals surface area (Å²) in [4.78, 5) is 45.6. The van der Waals surface area contributed by atoms with E-state index >= 15 is 0 Å². The van der Waals surface area contributed by atoms with Crippen molar-refractivity contribution in [2.75, 3.05) is 28.6 Å². The number of aromatic nitrogens is 2. The second kappa shape index (κ2) is 12.8. The summed E-state index contributed by atoms with van der Waals surface area (Å²) in [6.07, 6.45) is 1.27. The fraction of sp³-hybridized carbons (Fsp3) is 0.211. The van der Waals surface area contributed by atoms with Crippen LogP contribution in [0.4, 0.5) is 31.5 Å². The first-order chi connectivity index (χ1) is 24.0. The summed E-state index contributed by atoms with van der Waals surface area (Å²) in [6, 6.07) is 21.6. The van der Waals surface area contributed by atoms with Gasteiger partial charge in [0, 0.05) is 69.2 Å². The Bertz CT molecular complexity index is 2350. The monoisotopic (exact) mass is 676 g/mol. The van der Waals surface area contributed by atoms with Gasteiger partial charge in [-0.3, -0.25) is 19.7 Å². The zero-order valence-corrected chi connectivity index (χ0v) is 27.5. The van der Waals surface area contributed by atoms with Crippen molar-refractivity contribution in [3.8, 4) is 0 Å². The Morgan fingerprint density at radius 2 is 1.20 bits per heavy atom. The molecule has 0 atom stereocenters. The molecule has 2 amide bonds. The van der Waals surface area contributed by atoms with Crippen LogP contribution in [-0.4, -0.2) is 39.8 Å². The van der Waals surface area contributed by atoms with E-state index in [9.17, 15) is 28.5 Å². The van der Waals surface area contributed by atoms with Gasteiger partial charge < -0.3 is 25.5 Å². The Hall–Kier alpha value is -6.04. The van der Waals surface area contributed by atoms with Crippen molar-refractivity contribution in [2.45, 2.75) is 39.5 Å². The van der Waals surface area contributed by atoms with Crippen LogP contribution in [0.15, 0.2) is 72.8 Å². The van der Waals surface area contributed by atoms with E-state index in [0.29, 0.717) is 42.9 Å². The number of hydrogen-bond acceptors (Lipinski definition) is 5. The lowest BCUT2D eigenvalue weighted by atomic mass is 10.1. The SMILES string of the molecule is Cc1[nH]c2ccccc2c1CC(=O)N1CCc2c1ccc(N)c2F.Cc1[nH]c2ccccc2c1CC(=O)N1CCc2c1ccc([N+](=O)[O-])c2F. The second-order valence-corrected chi connectivity index (χ2v) is 12.6. The lowest BCUT2D eigenvalue weighted by Crippen LogP contribution is -2.30. The average molecular weight is 677 g/mol. The lowest BCUT2D eigenvalue weighted by Gasteiger charge is -2.18. The van der Waals surface area contributed by atoms with Gasteiger partial charge in [-0.05, 0) is 68.1 Å². The molecule has 4 aromatic carbocycles. The zero-order chi connectivity index (χ0) is 35.3. The highest BCUT2D eigenvalue weighted by Crippen LogP contribution is 2.36. The number of carbonyl (C=O) groups excluding carboxylic acids is 2. The minimum atomic E-state index is -0.842. The van der Waals surface area contributed by atoms with Crippen LogP contribution in [0.25, 0.3) is 21.8 Å². The molecule has 8 rings (SSSR count). The molecule has 4 heterocycles. The number of H-pyrrole nitrogens is 2. The molecular formula is C38H34F2N6O4. The zero-order valence-electron chi connectivity index (χ0n) is 27.5. The average Bonchev–Trinajstić information content (AvgIpc) is 3.87. The highest BCUT2D eigenvalue weighted by atomic mass is 19.1. The van der Waals surface area contributed by atoms with E-state index in [-0.39, 0.29) is 35.9 Å². The molecule has 6 aromatic rings. The third kappa shape index (κ3) is 5.62. The van der Waals surface area contributed by atoms with Gasteiger partial charge in [-0.2, -0.15) is 4.39 Å². The van der Waals surface area contributed by atoms with Crippen LogP contribution in [0.5, 0.6) is 0 Å². The number of carbonyl (C=O) groups is 2. The minimum Gasteiger partial charge on any atom is -0.396 e. The molecule has 0 aliphatic carbocycles.